The normalized spacial score (nSPS) is 10.0. The molecule has 2 rings (SSSR count). The average Bonchev–Trinajstić information content (AvgIpc) is 2.67. The van der Waals surface area contributed by atoms with Crippen molar-refractivity contribution in [3.8, 4) is 5.75 Å². The van der Waals surface area contributed by atoms with Crippen LogP contribution in [0.5, 0.6) is 5.75 Å². The molecule has 1 amide bonds. The van der Waals surface area contributed by atoms with E-state index < -0.39 is 23.4 Å². The largest absolute Gasteiger partial charge is 0.494 e. The van der Waals surface area contributed by atoms with Crippen LogP contribution in [0, 0.1) is 10.1 Å². The number of nitrogens with zero attached hydrogens (tertiary/aromatic N) is 4. The van der Waals surface area contributed by atoms with Crippen molar-refractivity contribution in [1.29, 1.82) is 0 Å². The Morgan fingerprint density at radius 1 is 1.30 bits per heavy atom. The Kier molecular flexibility index (Phi) is 6.58. The fourth-order valence-corrected chi connectivity index (χ4v) is 2.03. The zero-order valence-electron chi connectivity index (χ0n) is 14.6. The molecule has 0 spiro atoms. The van der Waals surface area contributed by atoms with Crippen LogP contribution in [0.4, 0.5) is 17.3 Å². The number of carbonyl (C=O) groups excluding carboxylic acids is 2. The first-order valence-corrected chi connectivity index (χ1v) is 7.66. The lowest BCUT2D eigenvalue weighted by atomic mass is 10.2. The van der Waals surface area contributed by atoms with Gasteiger partial charge in [0.2, 0.25) is 5.95 Å². The van der Waals surface area contributed by atoms with Gasteiger partial charge >= 0.3 is 5.97 Å². The Hall–Kier alpha value is -3.76. The number of hydrogen-bond donors (Lipinski definition) is 1. The van der Waals surface area contributed by atoms with Crippen molar-refractivity contribution in [2.24, 2.45) is 0 Å². The van der Waals surface area contributed by atoms with Gasteiger partial charge in [-0.2, -0.15) is 0 Å². The van der Waals surface area contributed by atoms with Gasteiger partial charge in [0, 0.05) is 25.5 Å². The number of nitrogens with one attached hydrogen (secondary N) is 1. The van der Waals surface area contributed by atoms with Crippen LogP contribution in [0.15, 0.2) is 36.7 Å². The monoisotopic (exact) mass is 375 g/mol. The van der Waals surface area contributed by atoms with E-state index in [-0.39, 0.29) is 23.7 Å². The minimum absolute atomic E-state index is 0.116. The van der Waals surface area contributed by atoms with Gasteiger partial charge in [0.1, 0.15) is 12.3 Å². The number of carbonyl (C=O) groups is 2. The Bertz CT molecular complexity index is 829. The van der Waals surface area contributed by atoms with Crippen LogP contribution in [-0.4, -0.2) is 54.1 Å². The summed E-state index contributed by atoms with van der Waals surface area (Å²) in [5, 5.41) is 13.2. The fraction of sp³-hybridized carbons (Fsp3) is 0.250. The number of hydrogen-bond acceptors (Lipinski definition) is 9. The Morgan fingerprint density at radius 3 is 2.63 bits per heavy atom. The number of anilines is 2. The second-order valence-electron chi connectivity index (χ2n) is 5.26. The first-order valence-electron chi connectivity index (χ1n) is 7.66. The first kappa shape index (κ1) is 19.6. The molecule has 11 heteroatoms. The lowest BCUT2D eigenvalue weighted by Crippen LogP contribution is -2.30. The third kappa shape index (κ3) is 5.63. The summed E-state index contributed by atoms with van der Waals surface area (Å²) in [5.74, 6) is -0.802. The molecule has 0 aliphatic carbocycles. The van der Waals surface area contributed by atoms with Gasteiger partial charge in [0.15, 0.2) is 6.61 Å². The molecule has 142 valence electrons. The highest BCUT2D eigenvalue weighted by atomic mass is 16.6. The van der Waals surface area contributed by atoms with Crippen LogP contribution in [0.1, 0.15) is 0 Å². The Labute approximate surface area is 154 Å². The molecule has 0 aliphatic heterocycles. The highest BCUT2D eigenvalue weighted by molar-refractivity contribution is 5.94. The summed E-state index contributed by atoms with van der Waals surface area (Å²) in [6.07, 6.45) is 3.07. The van der Waals surface area contributed by atoms with Crippen LogP contribution in [0.2, 0.25) is 0 Å². The van der Waals surface area contributed by atoms with Crippen molar-refractivity contribution < 1.29 is 24.0 Å². The predicted molar refractivity (Wildman–Crippen MR) is 94.5 cm³/mol. The van der Waals surface area contributed by atoms with Gasteiger partial charge in [0.05, 0.1) is 23.8 Å². The van der Waals surface area contributed by atoms with Crippen molar-refractivity contribution in [1.82, 2.24) is 9.97 Å². The lowest BCUT2D eigenvalue weighted by molar-refractivity contribution is -0.384. The standard InChI is InChI=1S/C16H17N5O6/c1-20(16-17-6-3-7-18-16)9-15(23)27-10-14(22)19-12-5-4-11(21(24)25)8-13(12)26-2/h3-8H,9-10H2,1-2H3,(H,19,22). The Balaban J connectivity index is 1.87. The van der Waals surface area contributed by atoms with Crippen molar-refractivity contribution in [3.05, 3.63) is 46.8 Å². The third-order valence-corrected chi connectivity index (χ3v) is 3.29. The molecule has 0 atom stereocenters. The quantitative estimate of drug-likeness (QED) is 0.407. The number of nitro groups is 1. The molecule has 1 aromatic carbocycles. The SMILES string of the molecule is COc1cc([N+](=O)[O-])ccc1NC(=O)COC(=O)CN(C)c1ncccn1. The van der Waals surface area contributed by atoms with Gasteiger partial charge in [-0.1, -0.05) is 0 Å². The fourth-order valence-electron chi connectivity index (χ4n) is 2.03. The summed E-state index contributed by atoms with van der Waals surface area (Å²) >= 11 is 0. The molecule has 2 aromatic rings. The second-order valence-corrected chi connectivity index (χ2v) is 5.26. The van der Waals surface area contributed by atoms with E-state index in [2.05, 4.69) is 15.3 Å². The van der Waals surface area contributed by atoms with Crippen molar-refractivity contribution in [2.75, 3.05) is 37.5 Å². The number of aromatic nitrogens is 2. The molecule has 0 saturated heterocycles. The lowest BCUT2D eigenvalue weighted by Gasteiger charge is -2.15. The molecule has 0 bridgehead atoms. The van der Waals surface area contributed by atoms with E-state index in [1.54, 1.807) is 13.1 Å². The number of amides is 1. The van der Waals surface area contributed by atoms with E-state index in [1.807, 2.05) is 0 Å². The van der Waals surface area contributed by atoms with E-state index in [0.29, 0.717) is 5.95 Å². The number of methoxy groups -OCH3 is 1. The maximum absolute atomic E-state index is 11.9. The highest BCUT2D eigenvalue weighted by Crippen LogP contribution is 2.28. The molecule has 0 fully saturated rings. The molecular formula is C16H17N5O6. The number of benzene rings is 1. The van der Waals surface area contributed by atoms with E-state index in [4.69, 9.17) is 9.47 Å². The summed E-state index contributed by atoms with van der Waals surface area (Å²) in [6.45, 7) is -0.666. The smallest absolute Gasteiger partial charge is 0.326 e. The summed E-state index contributed by atoms with van der Waals surface area (Å²) in [5.41, 5.74) is 0.0430. The minimum Gasteiger partial charge on any atom is -0.494 e. The number of non-ortho nitro benzene ring substituents is 1. The van der Waals surface area contributed by atoms with Crippen molar-refractivity contribution in [2.45, 2.75) is 0 Å². The van der Waals surface area contributed by atoms with Crippen LogP contribution >= 0.6 is 0 Å². The molecule has 11 nitrogen and oxygen atoms in total. The second kappa shape index (κ2) is 9.08. The molecule has 27 heavy (non-hydrogen) atoms. The molecular weight excluding hydrogens is 358 g/mol. The predicted octanol–water partition coefficient (Wildman–Crippen LogP) is 1.01. The molecule has 0 aliphatic rings. The van der Waals surface area contributed by atoms with E-state index in [0.717, 1.165) is 0 Å². The molecule has 0 saturated carbocycles. The summed E-state index contributed by atoms with van der Waals surface area (Å²) in [6, 6.07) is 5.37. The zero-order valence-corrected chi connectivity index (χ0v) is 14.6. The molecule has 0 unspecified atom stereocenters. The van der Waals surface area contributed by atoms with Crippen LogP contribution in [-0.2, 0) is 14.3 Å². The van der Waals surface area contributed by atoms with Gasteiger partial charge in [-0.3, -0.25) is 19.7 Å². The third-order valence-electron chi connectivity index (χ3n) is 3.29. The highest BCUT2D eigenvalue weighted by Gasteiger charge is 2.15. The van der Waals surface area contributed by atoms with Gasteiger partial charge in [0.25, 0.3) is 11.6 Å². The van der Waals surface area contributed by atoms with Crippen LogP contribution in [0.3, 0.4) is 0 Å². The molecule has 0 radical (unpaired) electrons. The summed E-state index contributed by atoms with van der Waals surface area (Å²) < 4.78 is 9.92. The number of ether oxygens (including phenoxy) is 2. The van der Waals surface area contributed by atoms with Gasteiger partial charge < -0.3 is 19.7 Å². The van der Waals surface area contributed by atoms with Gasteiger partial charge in [-0.05, 0) is 12.1 Å². The summed E-state index contributed by atoms with van der Waals surface area (Å²) in [7, 11) is 2.93. The number of esters is 1. The topological polar surface area (TPSA) is 137 Å². The Morgan fingerprint density at radius 2 is 2.00 bits per heavy atom. The number of rotatable bonds is 8. The minimum atomic E-state index is -0.643. The maximum Gasteiger partial charge on any atom is 0.326 e. The van der Waals surface area contributed by atoms with E-state index in [9.17, 15) is 19.7 Å². The molecule has 1 N–H and O–H groups in total. The van der Waals surface area contributed by atoms with Gasteiger partial charge in [-0.15, -0.1) is 0 Å². The molecule has 1 aromatic heterocycles. The van der Waals surface area contributed by atoms with Gasteiger partial charge in [-0.25, -0.2) is 9.97 Å². The van der Waals surface area contributed by atoms with Crippen molar-refractivity contribution in [3.63, 3.8) is 0 Å². The average molecular weight is 375 g/mol. The van der Waals surface area contributed by atoms with Crippen LogP contribution < -0.4 is 15.0 Å². The van der Waals surface area contributed by atoms with Crippen LogP contribution in [0.25, 0.3) is 0 Å². The number of likely N-dealkylation sites (N-methyl/N-ethyl adjacent to an activating group) is 1. The number of nitro benzene ring substituents is 1. The zero-order chi connectivity index (χ0) is 19.8. The summed E-state index contributed by atoms with van der Waals surface area (Å²) in [4.78, 5) is 43.4. The van der Waals surface area contributed by atoms with Crippen molar-refractivity contribution >= 4 is 29.2 Å². The van der Waals surface area contributed by atoms with E-state index >= 15 is 0 Å². The molecule has 1 heterocycles. The first-order chi connectivity index (χ1) is 12.9. The maximum atomic E-state index is 11.9. The van der Waals surface area contributed by atoms with E-state index in [1.165, 1.54) is 42.6 Å².